The minimum atomic E-state index is -0.784. The van der Waals surface area contributed by atoms with E-state index < -0.39 is 5.60 Å². The van der Waals surface area contributed by atoms with Crippen LogP contribution in [0.25, 0.3) is 0 Å². The van der Waals surface area contributed by atoms with E-state index in [0.29, 0.717) is 38.5 Å². The van der Waals surface area contributed by atoms with Crippen molar-refractivity contribution >= 4 is 0 Å². The van der Waals surface area contributed by atoms with Crippen molar-refractivity contribution in [1.29, 1.82) is 0 Å². The molecule has 0 saturated carbocycles. The Bertz CT molecular complexity index is 474. The van der Waals surface area contributed by atoms with Crippen LogP contribution in [-0.4, -0.2) is 37.1 Å². The number of benzene rings is 1. The standard InChI is InChI=1S/C15H20FNO3/c16-11-3-4-12-13(2-1-6-20-14(12)8-11)17-9-15(18)5-7-19-10-15/h3-4,8,13,17-18H,1-2,5-7,9-10H2/t13-,15+/m0/s1. The third kappa shape index (κ3) is 2.95. The van der Waals surface area contributed by atoms with Crippen molar-refractivity contribution in [3.8, 4) is 5.75 Å². The average molecular weight is 281 g/mol. The largest absolute Gasteiger partial charge is 0.493 e. The second-order valence-electron chi connectivity index (χ2n) is 5.63. The van der Waals surface area contributed by atoms with E-state index in [0.717, 1.165) is 18.4 Å². The van der Waals surface area contributed by atoms with Crippen LogP contribution in [0.5, 0.6) is 5.75 Å². The normalized spacial score (nSPS) is 29.6. The number of aliphatic hydroxyl groups is 1. The number of ether oxygens (including phenoxy) is 2. The minimum Gasteiger partial charge on any atom is -0.493 e. The molecule has 2 heterocycles. The van der Waals surface area contributed by atoms with Crippen molar-refractivity contribution in [1.82, 2.24) is 5.32 Å². The number of rotatable bonds is 3. The molecule has 0 radical (unpaired) electrons. The van der Waals surface area contributed by atoms with Crippen LogP contribution < -0.4 is 10.1 Å². The monoisotopic (exact) mass is 281 g/mol. The molecule has 0 aromatic heterocycles. The fraction of sp³-hybridized carbons (Fsp3) is 0.600. The van der Waals surface area contributed by atoms with Gasteiger partial charge < -0.3 is 19.9 Å². The van der Waals surface area contributed by atoms with Gasteiger partial charge in [-0.25, -0.2) is 4.39 Å². The fourth-order valence-corrected chi connectivity index (χ4v) is 2.81. The lowest BCUT2D eigenvalue weighted by Crippen LogP contribution is -2.42. The summed E-state index contributed by atoms with van der Waals surface area (Å²) in [5.74, 6) is 0.321. The molecule has 20 heavy (non-hydrogen) atoms. The zero-order valence-electron chi connectivity index (χ0n) is 11.4. The van der Waals surface area contributed by atoms with Gasteiger partial charge in [-0.3, -0.25) is 0 Å². The Morgan fingerprint density at radius 3 is 3.10 bits per heavy atom. The van der Waals surface area contributed by atoms with Gasteiger partial charge in [-0.15, -0.1) is 0 Å². The quantitative estimate of drug-likeness (QED) is 0.887. The van der Waals surface area contributed by atoms with Gasteiger partial charge in [-0.1, -0.05) is 6.07 Å². The van der Waals surface area contributed by atoms with E-state index in [1.54, 1.807) is 6.07 Å². The SMILES string of the molecule is O[C@@]1(CN[C@H]2CCCOc3cc(F)ccc32)CCOC1. The van der Waals surface area contributed by atoms with Gasteiger partial charge in [-0.2, -0.15) is 0 Å². The second kappa shape index (κ2) is 5.68. The minimum absolute atomic E-state index is 0.0812. The first-order valence-corrected chi connectivity index (χ1v) is 7.12. The lowest BCUT2D eigenvalue weighted by Gasteiger charge is -2.25. The third-order valence-corrected chi connectivity index (χ3v) is 4.01. The zero-order chi connectivity index (χ0) is 14.0. The van der Waals surface area contributed by atoms with Crippen LogP contribution >= 0.6 is 0 Å². The predicted octanol–water partition coefficient (Wildman–Crippen LogP) is 1.78. The summed E-state index contributed by atoms with van der Waals surface area (Å²) < 4.78 is 24.1. The summed E-state index contributed by atoms with van der Waals surface area (Å²) in [4.78, 5) is 0. The summed E-state index contributed by atoms with van der Waals surface area (Å²) in [6, 6.07) is 4.74. The van der Waals surface area contributed by atoms with Crippen LogP contribution in [0, 0.1) is 5.82 Å². The third-order valence-electron chi connectivity index (χ3n) is 4.01. The number of halogens is 1. The summed E-state index contributed by atoms with van der Waals surface area (Å²) in [6.45, 7) is 2.06. The molecular weight excluding hydrogens is 261 g/mol. The first kappa shape index (κ1) is 13.8. The molecule has 1 aromatic carbocycles. The van der Waals surface area contributed by atoms with Gasteiger partial charge in [0.25, 0.3) is 0 Å². The Morgan fingerprint density at radius 1 is 1.40 bits per heavy atom. The van der Waals surface area contributed by atoms with Crippen molar-refractivity contribution in [2.24, 2.45) is 0 Å². The molecule has 4 nitrogen and oxygen atoms in total. The molecule has 0 amide bonds. The number of nitrogens with one attached hydrogen (secondary N) is 1. The van der Waals surface area contributed by atoms with E-state index >= 15 is 0 Å². The van der Waals surface area contributed by atoms with Crippen molar-refractivity contribution in [2.75, 3.05) is 26.4 Å². The van der Waals surface area contributed by atoms with Crippen LogP contribution in [-0.2, 0) is 4.74 Å². The molecular formula is C15H20FNO3. The van der Waals surface area contributed by atoms with Gasteiger partial charge in [-0.05, 0) is 18.9 Å². The maximum Gasteiger partial charge on any atom is 0.126 e. The molecule has 1 saturated heterocycles. The predicted molar refractivity (Wildman–Crippen MR) is 72.3 cm³/mol. The Balaban J connectivity index is 1.73. The highest BCUT2D eigenvalue weighted by Gasteiger charge is 2.33. The Morgan fingerprint density at radius 2 is 2.30 bits per heavy atom. The fourth-order valence-electron chi connectivity index (χ4n) is 2.81. The van der Waals surface area contributed by atoms with Gasteiger partial charge in [0.15, 0.2) is 0 Å². The zero-order valence-corrected chi connectivity index (χ0v) is 11.4. The molecule has 3 rings (SSSR count). The van der Waals surface area contributed by atoms with Crippen molar-refractivity contribution in [2.45, 2.75) is 30.9 Å². The second-order valence-corrected chi connectivity index (χ2v) is 5.63. The molecule has 0 spiro atoms. The van der Waals surface area contributed by atoms with Crippen molar-refractivity contribution < 1.29 is 19.0 Å². The molecule has 5 heteroatoms. The highest BCUT2D eigenvalue weighted by Crippen LogP contribution is 2.32. The van der Waals surface area contributed by atoms with Crippen LogP contribution in [0.3, 0.4) is 0 Å². The Labute approximate surface area is 117 Å². The molecule has 0 bridgehead atoms. The lowest BCUT2D eigenvalue weighted by molar-refractivity contribution is 0.0245. The smallest absolute Gasteiger partial charge is 0.126 e. The highest BCUT2D eigenvalue weighted by atomic mass is 19.1. The molecule has 0 unspecified atom stereocenters. The Kier molecular flexibility index (Phi) is 3.92. The summed E-state index contributed by atoms with van der Waals surface area (Å²) in [7, 11) is 0. The highest BCUT2D eigenvalue weighted by molar-refractivity contribution is 5.37. The summed E-state index contributed by atoms with van der Waals surface area (Å²) in [5.41, 5.74) is 0.180. The van der Waals surface area contributed by atoms with E-state index in [9.17, 15) is 9.50 Å². The number of hydrogen-bond acceptors (Lipinski definition) is 4. The molecule has 1 fully saturated rings. The molecule has 2 N–H and O–H groups in total. The molecule has 2 atom stereocenters. The molecule has 1 aromatic rings. The summed E-state index contributed by atoms with van der Waals surface area (Å²) in [5, 5.41) is 13.7. The summed E-state index contributed by atoms with van der Waals surface area (Å²) >= 11 is 0. The van der Waals surface area contributed by atoms with Crippen LogP contribution in [0.4, 0.5) is 4.39 Å². The molecule has 0 aliphatic carbocycles. The van der Waals surface area contributed by atoms with E-state index in [4.69, 9.17) is 9.47 Å². The van der Waals surface area contributed by atoms with E-state index in [-0.39, 0.29) is 11.9 Å². The topological polar surface area (TPSA) is 50.7 Å². The maximum absolute atomic E-state index is 13.3. The maximum atomic E-state index is 13.3. The summed E-state index contributed by atoms with van der Waals surface area (Å²) in [6.07, 6.45) is 2.47. The lowest BCUT2D eigenvalue weighted by atomic mass is 9.99. The van der Waals surface area contributed by atoms with Crippen molar-refractivity contribution in [3.05, 3.63) is 29.6 Å². The molecule has 2 aliphatic rings. The van der Waals surface area contributed by atoms with Gasteiger partial charge in [0.05, 0.1) is 13.2 Å². The molecule has 2 aliphatic heterocycles. The van der Waals surface area contributed by atoms with Gasteiger partial charge >= 0.3 is 0 Å². The van der Waals surface area contributed by atoms with Gasteiger partial charge in [0.2, 0.25) is 0 Å². The van der Waals surface area contributed by atoms with Crippen LogP contribution in [0.1, 0.15) is 30.9 Å². The van der Waals surface area contributed by atoms with E-state index in [1.807, 2.05) is 0 Å². The van der Waals surface area contributed by atoms with E-state index in [1.165, 1.54) is 12.1 Å². The average Bonchev–Trinajstić information content (AvgIpc) is 2.76. The van der Waals surface area contributed by atoms with Crippen LogP contribution in [0.15, 0.2) is 18.2 Å². The van der Waals surface area contributed by atoms with E-state index in [2.05, 4.69) is 5.32 Å². The van der Waals surface area contributed by atoms with Gasteiger partial charge in [0.1, 0.15) is 17.2 Å². The molecule has 110 valence electrons. The number of hydrogen-bond donors (Lipinski definition) is 2. The van der Waals surface area contributed by atoms with Crippen molar-refractivity contribution in [3.63, 3.8) is 0 Å². The number of fused-ring (bicyclic) bond motifs is 1. The first-order chi connectivity index (χ1) is 9.66. The van der Waals surface area contributed by atoms with Gasteiger partial charge in [0, 0.05) is 37.2 Å². The first-order valence-electron chi connectivity index (χ1n) is 7.12. The Hall–Kier alpha value is -1.17. The van der Waals surface area contributed by atoms with Crippen LogP contribution in [0.2, 0.25) is 0 Å².